The van der Waals surface area contributed by atoms with Gasteiger partial charge in [0.25, 0.3) is 0 Å². The Labute approximate surface area is 119 Å². The molecule has 0 unspecified atom stereocenters. The number of halogens is 1. The van der Waals surface area contributed by atoms with Crippen LogP contribution in [0.15, 0.2) is 23.1 Å². The summed E-state index contributed by atoms with van der Waals surface area (Å²) in [6, 6.07) is 4.91. The largest absolute Gasteiger partial charge is 0.329 e. The van der Waals surface area contributed by atoms with E-state index in [0.717, 1.165) is 18.4 Å². The summed E-state index contributed by atoms with van der Waals surface area (Å²) in [6.07, 6.45) is 2.02. The second-order valence-electron chi connectivity index (χ2n) is 5.44. The van der Waals surface area contributed by atoms with Crippen LogP contribution in [-0.4, -0.2) is 20.5 Å². The highest BCUT2D eigenvalue weighted by Crippen LogP contribution is 2.40. The molecule has 1 aliphatic carbocycles. The van der Waals surface area contributed by atoms with E-state index in [9.17, 15) is 8.42 Å². The van der Waals surface area contributed by atoms with E-state index in [4.69, 9.17) is 17.3 Å². The summed E-state index contributed by atoms with van der Waals surface area (Å²) in [5.41, 5.74) is 6.07. The molecule has 1 saturated carbocycles. The Hall–Kier alpha value is -0.620. The third-order valence-electron chi connectivity index (χ3n) is 3.65. The van der Waals surface area contributed by atoms with Crippen molar-refractivity contribution in [2.24, 2.45) is 11.7 Å². The zero-order valence-corrected chi connectivity index (χ0v) is 12.7. The molecule has 0 bridgehead atoms. The molecular weight excluding hydrogens is 284 g/mol. The number of sulfonamides is 1. The lowest BCUT2D eigenvalue weighted by atomic mass is 9.98. The summed E-state index contributed by atoms with van der Waals surface area (Å²) >= 11 is 6.03. The Morgan fingerprint density at radius 1 is 1.47 bits per heavy atom. The van der Waals surface area contributed by atoms with Crippen LogP contribution in [0.25, 0.3) is 0 Å². The zero-order valence-electron chi connectivity index (χ0n) is 11.1. The van der Waals surface area contributed by atoms with Gasteiger partial charge in [0.15, 0.2) is 0 Å². The molecule has 0 heterocycles. The number of nitrogens with one attached hydrogen (secondary N) is 1. The van der Waals surface area contributed by atoms with Crippen molar-refractivity contribution in [3.63, 3.8) is 0 Å². The van der Waals surface area contributed by atoms with E-state index in [1.165, 1.54) is 6.07 Å². The summed E-state index contributed by atoms with van der Waals surface area (Å²) in [6.45, 7) is 3.99. The van der Waals surface area contributed by atoms with Crippen LogP contribution >= 0.6 is 11.6 Å². The first kappa shape index (κ1) is 14.8. The highest BCUT2D eigenvalue weighted by molar-refractivity contribution is 7.89. The first-order chi connectivity index (χ1) is 8.78. The monoisotopic (exact) mass is 302 g/mol. The van der Waals surface area contributed by atoms with Gasteiger partial charge in [-0.05, 0) is 50.3 Å². The van der Waals surface area contributed by atoms with Gasteiger partial charge in [-0.25, -0.2) is 13.1 Å². The molecule has 0 aliphatic heterocycles. The van der Waals surface area contributed by atoms with Gasteiger partial charge in [0.05, 0.1) is 5.02 Å². The third-order valence-corrected chi connectivity index (χ3v) is 5.74. The highest BCUT2D eigenvalue weighted by Gasteiger charge is 2.43. The Balaban J connectivity index is 2.32. The minimum atomic E-state index is -3.64. The van der Waals surface area contributed by atoms with Crippen LogP contribution in [0.2, 0.25) is 5.02 Å². The lowest BCUT2D eigenvalue weighted by Gasteiger charge is -2.29. The summed E-state index contributed by atoms with van der Waals surface area (Å²) in [5, 5.41) is 0.239. The zero-order chi connectivity index (χ0) is 14.3. The number of benzene rings is 1. The number of hydrogen-bond donors (Lipinski definition) is 2. The van der Waals surface area contributed by atoms with Crippen LogP contribution in [0.5, 0.6) is 0 Å². The highest BCUT2D eigenvalue weighted by atomic mass is 35.5. The lowest BCUT2D eigenvalue weighted by molar-refractivity contribution is 0.374. The van der Waals surface area contributed by atoms with Crippen LogP contribution in [0.3, 0.4) is 0 Å². The van der Waals surface area contributed by atoms with Gasteiger partial charge in [-0.1, -0.05) is 17.7 Å². The molecule has 1 atom stereocenters. The Bertz CT molecular complexity index is 584. The van der Waals surface area contributed by atoms with Gasteiger partial charge in [-0.15, -0.1) is 0 Å². The van der Waals surface area contributed by atoms with E-state index in [2.05, 4.69) is 4.72 Å². The number of hydrogen-bond acceptors (Lipinski definition) is 3. The van der Waals surface area contributed by atoms with Crippen LogP contribution in [-0.2, 0) is 10.0 Å². The minimum absolute atomic E-state index is 0.111. The lowest BCUT2D eigenvalue weighted by Crippen LogP contribution is -2.53. The van der Waals surface area contributed by atoms with Gasteiger partial charge < -0.3 is 5.73 Å². The fourth-order valence-electron chi connectivity index (χ4n) is 2.20. The van der Waals surface area contributed by atoms with E-state index in [-0.39, 0.29) is 16.5 Å². The molecule has 1 aliphatic rings. The fourth-order valence-corrected chi connectivity index (χ4v) is 4.27. The van der Waals surface area contributed by atoms with E-state index in [0.29, 0.717) is 5.92 Å². The molecule has 0 spiro atoms. The van der Waals surface area contributed by atoms with Gasteiger partial charge in [0.2, 0.25) is 10.0 Å². The maximum absolute atomic E-state index is 12.4. The molecule has 1 aromatic carbocycles. The van der Waals surface area contributed by atoms with E-state index in [1.807, 2.05) is 13.8 Å². The smallest absolute Gasteiger partial charge is 0.242 e. The maximum atomic E-state index is 12.4. The van der Waals surface area contributed by atoms with Gasteiger partial charge in [-0.2, -0.15) is 0 Å². The first-order valence-corrected chi connectivity index (χ1v) is 8.15. The molecule has 0 saturated heterocycles. The van der Waals surface area contributed by atoms with E-state index in [1.54, 1.807) is 12.1 Å². The molecule has 6 heteroatoms. The van der Waals surface area contributed by atoms with Crippen molar-refractivity contribution >= 4 is 21.6 Å². The molecule has 2 rings (SSSR count). The SMILES string of the molecule is Cc1ccc(S(=O)(=O)N[C@@](C)(CN)C2CC2)c(Cl)c1. The average Bonchev–Trinajstić information content (AvgIpc) is 3.11. The fraction of sp³-hybridized carbons (Fsp3) is 0.538. The second-order valence-corrected chi connectivity index (χ2v) is 7.49. The summed E-state index contributed by atoms with van der Waals surface area (Å²) in [4.78, 5) is 0.111. The Morgan fingerprint density at radius 2 is 2.11 bits per heavy atom. The quantitative estimate of drug-likeness (QED) is 0.874. The Morgan fingerprint density at radius 3 is 2.58 bits per heavy atom. The molecule has 1 aromatic rings. The number of rotatable bonds is 5. The number of nitrogens with two attached hydrogens (primary N) is 1. The van der Waals surface area contributed by atoms with Crippen molar-refractivity contribution in [3.8, 4) is 0 Å². The van der Waals surface area contributed by atoms with Crippen LogP contribution in [0.4, 0.5) is 0 Å². The predicted octanol–water partition coefficient (Wildman–Crippen LogP) is 2.05. The summed E-state index contributed by atoms with van der Waals surface area (Å²) in [5.74, 6) is 0.316. The predicted molar refractivity (Wildman–Crippen MR) is 76.7 cm³/mol. The van der Waals surface area contributed by atoms with Gasteiger partial charge >= 0.3 is 0 Å². The Kier molecular flexibility index (Phi) is 3.93. The van der Waals surface area contributed by atoms with Crippen LogP contribution in [0.1, 0.15) is 25.3 Å². The van der Waals surface area contributed by atoms with E-state index >= 15 is 0 Å². The molecule has 0 aromatic heterocycles. The standard InChI is InChI=1S/C13H19ClN2O2S/c1-9-3-6-12(11(14)7-9)19(17,18)16-13(2,8-15)10-4-5-10/h3,6-7,10,16H,4-5,8,15H2,1-2H3/t13-/m0/s1. The molecule has 19 heavy (non-hydrogen) atoms. The van der Waals surface area contributed by atoms with Gasteiger partial charge in [-0.3, -0.25) is 0 Å². The van der Waals surface area contributed by atoms with Crippen molar-refractivity contribution in [2.75, 3.05) is 6.54 Å². The van der Waals surface area contributed by atoms with Gasteiger partial charge in [0, 0.05) is 12.1 Å². The minimum Gasteiger partial charge on any atom is -0.329 e. The molecule has 4 nitrogen and oxygen atoms in total. The third kappa shape index (κ3) is 3.11. The summed E-state index contributed by atoms with van der Waals surface area (Å²) < 4.78 is 27.6. The van der Waals surface area contributed by atoms with Crippen molar-refractivity contribution in [2.45, 2.75) is 37.1 Å². The van der Waals surface area contributed by atoms with Gasteiger partial charge in [0.1, 0.15) is 4.90 Å². The molecule has 3 N–H and O–H groups in total. The molecule has 0 radical (unpaired) electrons. The van der Waals surface area contributed by atoms with Crippen LogP contribution < -0.4 is 10.5 Å². The normalized spacial score (nSPS) is 19.2. The molecule has 1 fully saturated rings. The summed E-state index contributed by atoms with van der Waals surface area (Å²) in [7, 11) is -3.64. The average molecular weight is 303 g/mol. The van der Waals surface area contributed by atoms with Crippen molar-refractivity contribution < 1.29 is 8.42 Å². The molecular formula is C13H19ClN2O2S. The van der Waals surface area contributed by atoms with Crippen LogP contribution in [0, 0.1) is 12.8 Å². The first-order valence-electron chi connectivity index (χ1n) is 6.29. The number of aryl methyl sites for hydroxylation is 1. The van der Waals surface area contributed by atoms with Crippen molar-refractivity contribution in [1.82, 2.24) is 4.72 Å². The van der Waals surface area contributed by atoms with Crippen molar-refractivity contribution in [1.29, 1.82) is 0 Å². The molecule has 106 valence electrons. The van der Waals surface area contributed by atoms with E-state index < -0.39 is 15.6 Å². The maximum Gasteiger partial charge on any atom is 0.242 e. The molecule has 0 amide bonds. The second kappa shape index (κ2) is 5.05. The topological polar surface area (TPSA) is 72.2 Å². The van der Waals surface area contributed by atoms with Crippen molar-refractivity contribution in [3.05, 3.63) is 28.8 Å².